The second-order valence-corrected chi connectivity index (χ2v) is 14.6. The van der Waals surface area contributed by atoms with Crippen LogP contribution in [0.1, 0.15) is 207 Å². The molecule has 6 heteroatoms. The molecular formula is C48H82O6. The SMILES string of the molecule is CC/C=C\C/C=C\C/C=C\CC(=O)OCC(COC(=O)CCCCCCCCCCCCCCCC)OC(=O)CC/C=C\C/C=C\CCCCCCCC. The van der Waals surface area contributed by atoms with Crippen LogP contribution in [0.3, 0.4) is 0 Å². The van der Waals surface area contributed by atoms with Crippen molar-refractivity contribution in [3.05, 3.63) is 60.8 Å². The van der Waals surface area contributed by atoms with Crippen molar-refractivity contribution >= 4 is 17.9 Å². The number of carbonyl (C=O) groups is 3. The first-order chi connectivity index (χ1) is 26.5. The maximum Gasteiger partial charge on any atom is 0.309 e. The standard InChI is InChI=1S/C48H82O6/c1-4-7-10-13-16-19-21-23-25-26-29-32-35-38-41-47(50)53-44-45(43-52-46(49)40-37-34-31-28-18-15-12-9-6-3)54-48(51)42-39-36-33-30-27-24-22-20-17-14-11-8-5-2/h9,12,18,24,27-28,33-34,36-37,45H,4-8,10-11,13-17,19-23,25-26,29-32,35,38-44H2,1-3H3/b12-9-,27-24-,28-18-,36-33-,37-34-. The Hall–Kier alpha value is -2.89. The molecule has 6 nitrogen and oxygen atoms in total. The minimum atomic E-state index is -0.835. The first-order valence-corrected chi connectivity index (χ1v) is 22.3. The quantitative estimate of drug-likeness (QED) is 0.0269. The van der Waals surface area contributed by atoms with E-state index in [2.05, 4.69) is 63.3 Å². The van der Waals surface area contributed by atoms with Crippen molar-refractivity contribution in [3.63, 3.8) is 0 Å². The summed E-state index contributed by atoms with van der Waals surface area (Å²) in [4.78, 5) is 37.5. The molecule has 0 aromatic rings. The molecule has 0 aliphatic heterocycles. The first-order valence-electron chi connectivity index (χ1n) is 22.3. The summed E-state index contributed by atoms with van der Waals surface area (Å²) < 4.78 is 16.5. The molecule has 0 heterocycles. The van der Waals surface area contributed by atoms with E-state index in [9.17, 15) is 14.4 Å². The zero-order valence-electron chi connectivity index (χ0n) is 35.2. The fraction of sp³-hybridized carbons (Fsp3) is 0.729. The molecule has 0 saturated heterocycles. The van der Waals surface area contributed by atoms with Crippen LogP contribution in [-0.2, 0) is 28.6 Å². The van der Waals surface area contributed by atoms with Gasteiger partial charge in [-0.1, -0.05) is 197 Å². The van der Waals surface area contributed by atoms with Gasteiger partial charge in [0.15, 0.2) is 6.10 Å². The third kappa shape index (κ3) is 40.3. The van der Waals surface area contributed by atoms with Crippen LogP contribution in [0.5, 0.6) is 0 Å². The van der Waals surface area contributed by atoms with Gasteiger partial charge in [0.2, 0.25) is 0 Å². The summed E-state index contributed by atoms with van der Waals surface area (Å²) in [7, 11) is 0. The summed E-state index contributed by atoms with van der Waals surface area (Å²) in [6.45, 7) is 6.35. The van der Waals surface area contributed by atoms with Gasteiger partial charge < -0.3 is 14.2 Å². The second-order valence-electron chi connectivity index (χ2n) is 14.6. The zero-order valence-corrected chi connectivity index (χ0v) is 35.2. The Morgan fingerprint density at radius 3 is 1.37 bits per heavy atom. The van der Waals surface area contributed by atoms with Crippen LogP contribution in [0.25, 0.3) is 0 Å². The van der Waals surface area contributed by atoms with Gasteiger partial charge in [-0.15, -0.1) is 0 Å². The molecule has 0 aliphatic carbocycles. The summed E-state index contributed by atoms with van der Waals surface area (Å²) in [5.74, 6) is -1.12. The molecule has 0 saturated carbocycles. The molecule has 0 N–H and O–H groups in total. The molecule has 54 heavy (non-hydrogen) atoms. The van der Waals surface area contributed by atoms with Gasteiger partial charge in [-0.3, -0.25) is 14.4 Å². The smallest absolute Gasteiger partial charge is 0.309 e. The molecule has 0 spiro atoms. The van der Waals surface area contributed by atoms with Crippen LogP contribution in [0.2, 0.25) is 0 Å². The van der Waals surface area contributed by atoms with E-state index in [4.69, 9.17) is 14.2 Å². The van der Waals surface area contributed by atoms with Crippen LogP contribution < -0.4 is 0 Å². The lowest BCUT2D eigenvalue weighted by Gasteiger charge is -2.18. The number of hydrogen-bond acceptors (Lipinski definition) is 6. The van der Waals surface area contributed by atoms with Crippen LogP contribution in [0, 0.1) is 0 Å². The average molecular weight is 755 g/mol. The molecule has 0 fully saturated rings. The molecule has 0 bridgehead atoms. The topological polar surface area (TPSA) is 78.9 Å². The fourth-order valence-electron chi connectivity index (χ4n) is 5.97. The lowest BCUT2D eigenvalue weighted by atomic mass is 10.0. The second kappa shape index (κ2) is 42.8. The van der Waals surface area contributed by atoms with Crippen molar-refractivity contribution in [2.24, 2.45) is 0 Å². The monoisotopic (exact) mass is 755 g/mol. The Balaban J connectivity index is 4.48. The highest BCUT2D eigenvalue weighted by atomic mass is 16.6. The van der Waals surface area contributed by atoms with Crippen molar-refractivity contribution < 1.29 is 28.6 Å². The van der Waals surface area contributed by atoms with Crippen molar-refractivity contribution in [1.82, 2.24) is 0 Å². The summed E-state index contributed by atoms with van der Waals surface area (Å²) >= 11 is 0. The largest absolute Gasteiger partial charge is 0.462 e. The number of allylic oxidation sites excluding steroid dienone is 9. The highest BCUT2D eigenvalue weighted by Crippen LogP contribution is 2.14. The van der Waals surface area contributed by atoms with Crippen molar-refractivity contribution in [2.45, 2.75) is 213 Å². The van der Waals surface area contributed by atoms with E-state index in [1.54, 1.807) is 6.08 Å². The molecule has 0 aromatic carbocycles. The van der Waals surface area contributed by atoms with Gasteiger partial charge in [-0.2, -0.15) is 0 Å². The Morgan fingerprint density at radius 1 is 0.407 bits per heavy atom. The number of rotatable bonds is 39. The number of carbonyl (C=O) groups excluding carboxylic acids is 3. The maximum absolute atomic E-state index is 12.6. The predicted molar refractivity (Wildman–Crippen MR) is 228 cm³/mol. The third-order valence-electron chi connectivity index (χ3n) is 9.30. The highest BCUT2D eigenvalue weighted by Gasteiger charge is 2.19. The summed E-state index contributed by atoms with van der Waals surface area (Å²) in [6, 6.07) is 0. The number of ether oxygens (including phenoxy) is 3. The molecule has 0 radical (unpaired) electrons. The number of hydrogen-bond donors (Lipinski definition) is 0. The Bertz CT molecular complexity index is 1010. The molecule has 1 unspecified atom stereocenters. The lowest BCUT2D eigenvalue weighted by Crippen LogP contribution is -2.30. The van der Waals surface area contributed by atoms with Crippen LogP contribution in [0.4, 0.5) is 0 Å². The Morgan fingerprint density at radius 2 is 0.833 bits per heavy atom. The average Bonchev–Trinajstić information content (AvgIpc) is 3.17. The maximum atomic E-state index is 12.6. The molecule has 0 rings (SSSR count). The fourth-order valence-corrected chi connectivity index (χ4v) is 5.97. The van der Waals surface area contributed by atoms with Crippen molar-refractivity contribution in [3.8, 4) is 0 Å². The van der Waals surface area contributed by atoms with Crippen molar-refractivity contribution in [2.75, 3.05) is 13.2 Å². The molecule has 310 valence electrons. The summed E-state index contributed by atoms with van der Waals surface area (Å²) in [6.07, 6.45) is 51.1. The first kappa shape index (κ1) is 51.1. The molecule has 0 amide bonds. The highest BCUT2D eigenvalue weighted by molar-refractivity contribution is 5.72. The Kier molecular flexibility index (Phi) is 40.6. The van der Waals surface area contributed by atoms with E-state index in [1.165, 1.54) is 109 Å². The summed E-state index contributed by atoms with van der Waals surface area (Å²) in [5, 5.41) is 0. The van der Waals surface area contributed by atoms with Gasteiger partial charge in [0.1, 0.15) is 13.2 Å². The molecule has 0 aliphatic rings. The third-order valence-corrected chi connectivity index (χ3v) is 9.30. The molecule has 1 atom stereocenters. The van der Waals surface area contributed by atoms with Crippen LogP contribution in [0.15, 0.2) is 60.8 Å². The van der Waals surface area contributed by atoms with Gasteiger partial charge in [-0.05, 0) is 51.4 Å². The van der Waals surface area contributed by atoms with E-state index in [0.29, 0.717) is 12.8 Å². The van der Waals surface area contributed by atoms with Gasteiger partial charge in [-0.25, -0.2) is 0 Å². The number of unbranched alkanes of at least 4 members (excludes halogenated alkanes) is 19. The van der Waals surface area contributed by atoms with Crippen LogP contribution >= 0.6 is 0 Å². The van der Waals surface area contributed by atoms with E-state index < -0.39 is 18.0 Å². The van der Waals surface area contributed by atoms with Gasteiger partial charge in [0.05, 0.1) is 6.42 Å². The van der Waals surface area contributed by atoms with Gasteiger partial charge in [0, 0.05) is 12.8 Å². The predicted octanol–water partition coefficient (Wildman–Crippen LogP) is 14.1. The molecular weight excluding hydrogens is 673 g/mol. The molecule has 0 aromatic heterocycles. The van der Waals surface area contributed by atoms with Crippen molar-refractivity contribution in [1.29, 1.82) is 0 Å². The van der Waals surface area contributed by atoms with Gasteiger partial charge in [0.25, 0.3) is 0 Å². The number of esters is 3. The minimum Gasteiger partial charge on any atom is -0.462 e. The van der Waals surface area contributed by atoms with E-state index in [0.717, 1.165) is 51.4 Å². The Labute approximate surface area is 332 Å². The van der Waals surface area contributed by atoms with Crippen LogP contribution in [-0.4, -0.2) is 37.2 Å². The van der Waals surface area contributed by atoms with E-state index in [-0.39, 0.29) is 32.0 Å². The normalized spacial score (nSPS) is 12.6. The van der Waals surface area contributed by atoms with E-state index in [1.807, 2.05) is 12.2 Å². The minimum absolute atomic E-state index is 0.122. The van der Waals surface area contributed by atoms with Gasteiger partial charge >= 0.3 is 17.9 Å². The van der Waals surface area contributed by atoms with E-state index >= 15 is 0 Å². The zero-order chi connectivity index (χ0) is 39.4. The summed E-state index contributed by atoms with van der Waals surface area (Å²) in [5.41, 5.74) is 0. The lowest BCUT2D eigenvalue weighted by molar-refractivity contribution is -0.166.